The molecule has 1 rings (SSSR count). The number of aryl methyl sites for hydroxylation is 1. The molecule has 0 fully saturated rings. The molecular weight excluding hydrogens is 250 g/mol. The van der Waals surface area contributed by atoms with E-state index < -0.39 is 5.60 Å². The molecule has 2 N–H and O–H groups in total. The zero-order chi connectivity index (χ0) is 15.2. The van der Waals surface area contributed by atoms with Gasteiger partial charge in [-0.2, -0.15) is 0 Å². The van der Waals surface area contributed by atoms with Crippen LogP contribution < -0.4 is 10.1 Å². The lowest BCUT2D eigenvalue weighted by atomic mass is 9.93. The number of hydrogen-bond acceptors (Lipinski definition) is 3. The highest BCUT2D eigenvalue weighted by Crippen LogP contribution is 2.26. The number of para-hydroxylation sites is 1. The van der Waals surface area contributed by atoms with Crippen LogP contribution in [0, 0.1) is 12.8 Å². The summed E-state index contributed by atoms with van der Waals surface area (Å²) in [4.78, 5) is 0. The number of hydrogen-bond donors (Lipinski definition) is 2. The highest BCUT2D eigenvalue weighted by atomic mass is 16.5. The Morgan fingerprint density at radius 3 is 2.65 bits per heavy atom. The highest BCUT2D eigenvalue weighted by molar-refractivity contribution is 5.40. The van der Waals surface area contributed by atoms with Gasteiger partial charge in [0.2, 0.25) is 0 Å². The van der Waals surface area contributed by atoms with Crippen LogP contribution in [-0.2, 0) is 6.54 Å². The summed E-state index contributed by atoms with van der Waals surface area (Å²) in [7, 11) is 0. The fourth-order valence-corrected chi connectivity index (χ4v) is 1.84. The molecule has 1 unspecified atom stereocenters. The van der Waals surface area contributed by atoms with E-state index in [1.165, 1.54) is 0 Å². The summed E-state index contributed by atoms with van der Waals surface area (Å²) in [5.41, 5.74) is 1.45. The lowest BCUT2D eigenvalue weighted by molar-refractivity contribution is -0.0270. The first-order chi connectivity index (χ1) is 9.38. The predicted molar refractivity (Wildman–Crippen MR) is 84.1 cm³/mol. The van der Waals surface area contributed by atoms with Crippen molar-refractivity contribution in [2.24, 2.45) is 5.92 Å². The van der Waals surface area contributed by atoms with Crippen LogP contribution in [0.15, 0.2) is 18.2 Å². The Labute approximate surface area is 123 Å². The topological polar surface area (TPSA) is 41.5 Å². The molecule has 0 aromatic heterocycles. The maximum Gasteiger partial charge on any atom is 0.126 e. The Hall–Kier alpha value is -1.06. The third-order valence-corrected chi connectivity index (χ3v) is 3.79. The number of aliphatic hydroxyl groups is 1. The Morgan fingerprint density at radius 1 is 1.35 bits per heavy atom. The summed E-state index contributed by atoms with van der Waals surface area (Å²) in [6.07, 6.45) is 1.12. The second kappa shape index (κ2) is 7.65. The van der Waals surface area contributed by atoms with Crippen LogP contribution in [0.4, 0.5) is 0 Å². The lowest BCUT2D eigenvalue weighted by Gasteiger charge is -2.28. The number of rotatable bonds is 8. The molecule has 0 aliphatic rings. The SMILES string of the molecule is CCCNCc1cccc(C)c1OCC(C)(O)C(C)C. The molecule has 0 amide bonds. The summed E-state index contributed by atoms with van der Waals surface area (Å²) in [6, 6.07) is 6.17. The molecule has 1 aromatic rings. The molecule has 3 nitrogen and oxygen atoms in total. The monoisotopic (exact) mass is 279 g/mol. The van der Waals surface area contributed by atoms with E-state index in [0.717, 1.165) is 36.4 Å². The van der Waals surface area contributed by atoms with Gasteiger partial charge in [-0.1, -0.05) is 39.0 Å². The van der Waals surface area contributed by atoms with Crippen molar-refractivity contribution in [3.8, 4) is 5.75 Å². The van der Waals surface area contributed by atoms with E-state index in [9.17, 15) is 5.11 Å². The van der Waals surface area contributed by atoms with Gasteiger partial charge in [-0.3, -0.25) is 0 Å². The molecular formula is C17H29NO2. The van der Waals surface area contributed by atoms with E-state index in [4.69, 9.17) is 4.74 Å². The Morgan fingerprint density at radius 2 is 2.05 bits per heavy atom. The fraction of sp³-hybridized carbons (Fsp3) is 0.647. The summed E-state index contributed by atoms with van der Waals surface area (Å²) in [6.45, 7) is 12.1. The maximum absolute atomic E-state index is 10.3. The Bertz CT molecular complexity index is 413. The normalized spacial score (nSPS) is 14.3. The van der Waals surface area contributed by atoms with Gasteiger partial charge in [-0.15, -0.1) is 0 Å². The third kappa shape index (κ3) is 4.80. The van der Waals surface area contributed by atoms with E-state index in [0.29, 0.717) is 6.61 Å². The largest absolute Gasteiger partial charge is 0.490 e. The molecule has 1 atom stereocenters. The summed E-state index contributed by atoms with van der Waals surface area (Å²) >= 11 is 0. The van der Waals surface area contributed by atoms with Gasteiger partial charge in [-0.05, 0) is 38.3 Å². The molecule has 0 heterocycles. The zero-order valence-electron chi connectivity index (χ0n) is 13.5. The molecule has 0 bridgehead atoms. The van der Waals surface area contributed by atoms with E-state index in [1.54, 1.807) is 0 Å². The van der Waals surface area contributed by atoms with Crippen molar-refractivity contribution in [3.05, 3.63) is 29.3 Å². The second-order valence-corrected chi connectivity index (χ2v) is 6.04. The first-order valence-electron chi connectivity index (χ1n) is 7.53. The number of benzene rings is 1. The van der Waals surface area contributed by atoms with Gasteiger partial charge in [0.1, 0.15) is 12.4 Å². The van der Waals surface area contributed by atoms with E-state index >= 15 is 0 Å². The fourth-order valence-electron chi connectivity index (χ4n) is 1.84. The van der Waals surface area contributed by atoms with E-state index in [2.05, 4.69) is 18.3 Å². The van der Waals surface area contributed by atoms with Gasteiger partial charge in [0, 0.05) is 12.1 Å². The standard InChI is InChI=1S/C17H29NO2/c1-6-10-18-11-15-9-7-8-14(4)16(15)20-12-17(5,19)13(2)3/h7-9,13,18-19H,6,10-12H2,1-5H3. The lowest BCUT2D eigenvalue weighted by Crippen LogP contribution is -2.38. The molecule has 114 valence electrons. The zero-order valence-corrected chi connectivity index (χ0v) is 13.5. The maximum atomic E-state index is 10.3. The van der Waals surface area contributed by atoms with Crippen LogP contribution >= 0.6 is 0 Å². The van der Waals surface area contributed by atoms with Gasteiger partial charge < -0.3 is 15.2 Å². The molecule has 3 heteroatoms. The highest BCUT2D eigenvalue weighted by Gasteiger charge is 2.26. The Balaban J connectivity index is 2.77. The van der Waals surface area contributed by atoms with Crippen molar-refractivity contribution in [1.82, 2.24) is 5.32 Å². The molecule has 0 aliphatic heterocycles. The van der Waals surface area contributed by atoms with Gasteiger partial charge in [0.15, 0.2) is 0 Å². The quantitative estimate of drug-likeness (QED) is 0.718. The molecule has 0 radical (unpaired) electrons. The minimum atomic E-state index is -0.809. The van der Waals surface area contributed by atoms with Gasteiger partial charge in [-0.25, -0.2) is 0 Å². The summed E-state index contributed by atoms with van der Waals surface area (Å²) in [5.74, 6) is 1.06. The van der Waals surface area contributed by atoms with Crippen molar-refractivity contribution in [2.75, 3.05) is 13.2 Å². The van der Waals surface area contributed by atoms with Gasteiger partial charge in [0.05, 0.1) is 5.60 Å². The molecule has 0 saturated carbocycles. The third-order valence-electron chi connectivity index (χ3n) is 3.79. The first kappa shape index (κ1) is 17.0. The smallest absolute Gasteiger partial charge is 0.126 e. The molecule has 1 aromatic carbocycles. The molecule has 20 heavy (non-hydrogen) atoms. The molecule has 0 aliphatic carbocycles. The van der Waals surface area contributed by atoms with Crippen LogP contribution in [-0.4, -0.2) is 23.9 Å². The molecule has 0 spiro atoms. The minimum Gasteiger partial charge on any atom is -0.490 e. The van der Waals surface area contributed by atoms with Crippen molar-refractivity contribution in [2.45, 2.75) is 53.2 Å². The number of nitrogens with one attached hydrogen (secondary N) is 1. The van der Waals surface area contributed by atoms with Crippen LogP contribution in [0.2, 0.25) is 0 Å². The van der Waals surface area contributed by atoms with Crippen molar-refractivity contribution in [1.29, 1.82) is 0 Å². The molecule has 0 saturated heterocycles. The van der Waals surface area contributed by atoms with Crippen LogP contribution in [0.3, 0.4) is 0 Å². The minimum absolute atomic E-state index is 0.160. The summed E-state index contributed by atoms with van der Waals surface area (Å²) in [5, 5.41) is 13.7. The van der Waals surface area contributed by atoms with E-state index in [1.807, 2.05) is 39.8 Å². The van der Waals surface area contributed by atoms with E-state index in [-0.39, 0.29) is 5.92 Å². The van der Waals surface area contributed by atoms with Crippen molar-refractivity contribution >= 4 is 0 Å². The van der Waals surface area contributed by atoms with Crippen molar-refractivity contribution in [3.63, 3.8) is 0 Å². The average Bonchev–Trinajstić information content (AvgIpc) is 2.38. The second-order valence-electron chi connectivity index (χ2n) is 6.04. The van der Waals surface area contributed by atoms with Crippen LogP contribution in [0.1, 0.15) is 45.2 Å². The van der Waals surface area contributed by atoms with Crippen LogP contribution in [0.5, 0.6) is 5.75 Å². The van der Waals surface area contributed by atoms with Crippen molar-refractivity contribution < 1.29 is 9.84 Å². The average molecular weight is 279 g/mol. The predicted octanol–water partition coefficient (Wildman–Crippen LogP) is 3.28. The van der Waals surface area contributed by atoms with Gasteiger partial charge in [0.25, 0.3) is 0 Å². The first-order valence-corrected chi connectivity index (χ1v) is 7.53. The summed E-state index contributed by atoms with van der Waals surface area (Å²) < 4.78 is 5.93. The Kier molecular flexibility index (Phi) is 6.50. The number of ether oxygens (including phenoxy) is 1. The van der Waals surface area contributed by atoms with Crippen LogP contribution in [0.25, 0.3) is 0 Å². The van der Waals surface area contributed by atoms with Gasteiger partial charge >= 0.3 is 0 Å².